The Morgan fingerprint density at radius 2 is 1.89 bits per heavy atom. The maximum Gasteiger partial charge on any atom is 0.407 e. The number of nitrogens with two attached hydrogens (primary N) is 1. The summed E-state index contributed by atoms with van der Waals surface area (Å²) < 4.78 is 9.45. The number of hydrogen-bond acceptors (Lipinski definition) is 4. The van der Waals surface area contributed by atoms with Gasteiger partial charge in [-0.3, -0.25) is 4.79 Å². The summed E-state index contributed by atoms with van der Waals surface area (Å²) in [5.74, 6) is 0.103. The van der Waals surface area contributed by atoms with Crippen LogP contribution >= 0.6 is 0 Å². The van der Waals surface area contributed by atoms with Crippen molar-refractivity contribution < 1.29 is 19.1 Å². The van der Waals surface area contributed by atoms with E-state index < -0.39 is 18.0 Å². The first-order valence-electron chi connectivity index (χ1n) is 5.33. The number of amides is 2. The second-order valence-corrected chi connectivity index (χ2v) is 3.64. The van der Waals surface area contributed by atoms with Gasteiger partial charge in [-0.25, -0.2) is 4.79 Å². The van der Waals surface area contributed by atoms with Gasteiger partial charge in [0, 0.05) is 6.42 Å². The summed E-state index contributed by atoms with van der Waals surface area (Å²) in [4.78, 5) is 22.3. The second kappa shape index (κ2) is 6.48. The number of hydrogen-bond donors (Lipinski definition) is 2. The maximum atomic E-state index is 11.2. The first-order chi connectivity index (χ1) is 8.56. The fourth-order valence-electron chi connectivity index (χ4n) is 1.42. The molecule has 0 aromatic heterocycles. The van der Waals surface area contributed by atoms with E-state index in [2.05, 4.69) is 10.1 Å². The normalized spacial score (nSPS) is 11.4. The zero-order valence-electron chi connectivity index (χ0n) is 10.3. The van der Waals surface area contributed by atoms with E-state index in [0.29, 0.717) is 6.42 Å². The van der Waals surface area contributed by atoms with Crippen molar-refractivity contribution in [1.29, 1.82) is 0 Å². The summed E-state index contributed by atoms with van der Waals surface area (Å²) in [7, 11) is 2.79. The smallest absolute Gasteiger partial charge is 0.407 e. The number of carbonyl (C=O) groups is 2. The quantitative estimate of drug-likeness (QED) is 0.796. The molecule has 1 rings (SSSR count). The topological polar surface area (TPSA) is 90.7 Å². The van der Waals surface area contributed by atoms with Crippen LogP contribution in [0.1, 0.15) is 5.56 Å². The highest BCUT2D eigenvalue weighted by molar-refractivity contribution is 5.84. The molecule has 0 heterocycles. The molecule has 0 saturated carbocycles. The van der Waals surface area contributed by atoms with Gasteiger partial charge in [-0.15, -0.1) is 0 Å². The average Bonchev–Trinajstić information content (AvgIpc) is 2.38. The van der Waals surface area contributed by atoms with Crippen molar-refractivity contribution in [2.24, 2.45) is 5.73 Å². The lowest BCUT2D eigenvalue weighted by molar-refractivity contribution is -0.119. The van der Waals surface area contributed by atoms with E-state index in [4.69, 9.17) is 10.5 Å². The third-order valence-corrected chi connectivity index (χ3v) is 2.42. The molecule has 0 bridgehead atoms. The molecule has 1 atom stereocenters. The predicted molar refractivity (Wildman–Crippen MR) is 65.2 cm³/mol. The molecule has 0 aliphatic carbocycles. The Kier molecular flexibility index (Phi) is 4.98. The third-order valence-electron chi connectivity index (χ3n) is 2.42. The molecule has 98 valence electrons. The lowest BCUT2D eigenvalue weighted by atomic mass is 10.1. The van der Waals surface area contributed by atoms with E-state index in [-0.39, 0.29) is 0 Å². The van der Waals surface area contributed by atoms with Crippen LogP contribution in [0.25, 0.3) is 0 Å². The third kappa shape index (κ3) is 3.97. The van der Waals surface area contributed by atoms with Gasteiger partial charge in [0.25, 0.3) is 0 Å². The van der Waals surface area contributed by atoms with Gasteiger partial charge < -0.3 is 20.5 Å². The molecule has 0 unspecified atom stereocenters. The molecule has 1 aromatic carbocycles. The van der Waals surface area contributed by atoms with E-state index in [1.807, 2.05) is 0 Å². The van der Waals surface area contributed by atoms with Gasteiger partial charge in [-0.2, -0.15) is 0 Å². The van der Waals surface area contributed by atoms with Crippen molar-refractivity contribution in [1.82, 2.24) is 5.32 Å². The number of primary amides is 1. The molecule has 0 radical (unpaired) electrons. The van der Waals surface area contributed by atoms with E-state index in [9.17, 15) is 9.59 Å². The van der Waals surface area contributed by atoms with Crippen molar-refractivity contribution in [2.75, 3.05) is 14.2 Å². The Hall–Kier alpha value is -2.24. The van der Waals surface area contributed by atoms with Crippen LogP contribution in [-0.2, 0) is 16.0 Å². The van der Waals surface area contributed by atoms with E-state index in [1.165, 1.54) is 7.11 Å². The second-order valence-electron chi connectivity index (χ2n) is 3.64. The van der Waals surface area contributed by atoms with E-state index >= 15 is 0 Å². The molecule has 2 amide bonds. The summed E-state index contributed by atoms with van der Waals surface area (Å²) in [5.41, 5.74) is 6.07. The van der Waals surface area contributed by atoms with Gasteiger partial charge in [0.2, 0.25) is 5.91 Å². The minimum Gasteiger partial charge on any atom is -0.497 e. The zero-order chi connectivity index (χ0) is 13.5. The number of nitrogens with one attached hydrogen (secondary N) is 1. The zero-order valence-corrected chi connectivity index (χ0v) is 10.3. The molecule has 3 N–H and O–H groups in total. The SMILES string of the molecule is COC(=O)N[C@@H](Cc1ccc(OC)cc1)C(N)=O. The highest BCUT2D eigenvalue weighted by Crippen LogP contribution is 2.12. The molecular weight excluding hydrogens is 236 g/mol. The highest BCUT2D eigenvalue weighted by Gasteiger charge is 2.18. The predicted octanol–water partition coefficient (Wildman–Crippen LogP) is 0.448. The lowest BCUT2D eigenvalue weighted by Crippen LogP contribution is -2.45. The molecule has 0 saturated heterocycles. The average molecular weight is 252 g/mol. The molecule has 18 heavy (non-hydrogen) atoms. The van der Waals surface area contributed by atoms with Gasteiger partial charge >= 0.3 is 6.09 Å². The standard InChI is InChI=1S/C12H16N2O4/c1-17-9-5-3-8(4-6-9)7-10(11(13)15)14-12(16)18-2/h3-6,10H,7H2,1-2H3,(H2,13,15)(H,14,16)/t10-/m0/s1. The summed E-state index contributed by atoms with van der Waals surface area (Å²) >= 11 is 0. The van der Waals surface area contributed by atoms with Crippen LogP contribution in [0.3, 0.4) is 0 Å². The Morgan fingerprint density at radius 1 is 1.28 bits per heavy atom. The van der Waals surface area contributed by atoms with Gasteiger partial charge in [-0.05, 0) is 17.7 Å². The largest absolute Gasteiger partial charge is 0.497 e. The van der Waals surface area contributed by atoms with Crippen LogP contribution in [0.4, 0.5) is 4.79 Å². The minimum atomic E-state index is -0.800. The minimum absolute atomic E-state index is 0.300. The van der Waals surface area contributed by atoms with Crippen LogP contribution in [0.5, 0.6) is 5.75 Å². The Balaban J connectivity index is 2.70. The van der Waals surface area contributed by atoms with Crippen molar-refractivity contribution in [3.05, 3.63) is 29.8 Å². The van der Waals surface area contributed by atoms with Crippen molar-refractivity contribution in [3.63, 3.8) is 0 Å². The molecular formula is C12H16N2O4. The molecule has 0 fully saturated rings. The number of carbonyl (C=O) groups excluding carboxylic acids is 2. The lowest BCUT2D eigenvalue weighted by Gasteiger charge is -2.14. The van der Waals surface area contributed by atoms with E-state index in [0.717, 1.165) is 11.3 Å². The number of rotatable bonds is 5. The van der Waals surface area contributed by atoms with Crippen LogP contribution in [0, 0.1) is 0 Å². The van der Waals surface area contributed by atoms with Crippen molar-refractivity contribution in [3.8, 4) is 5.75 Å². The van der Waals surface area contributed by atoms with Crippen molar-refractivity contribution >= 4 is 12.0 Å². The number of benzene rings is 1. The Morgan fingerprint density at radius 3 is 2.33 bits per heavy atom. The fourth-order valence-corrected chi connectivity index (χ4v) is 1.42. The molecule has 6 nitrogen and oxygen atoms in total. The van der Waals surface area contributed by atoms with Gasteiger partial charge in [0.1, 0.15) is 11.8 Å². The first-order valence-corrected chi connectivity index (χ1v) is 5.33. The Bertz CT molecular complexity index is 417. The fraction of sp³-hybridized carbons (Fsp3) is 0.333. The summed E-state index contributed by atoms with van der Waals surface area (Å²) in [6, 6.07) is 6.34. The van der Waals surface area contributed by atoms with Crippen LogP contribution < -0.4 is 15.8 Å². The molecule has 0 aliphatic heterocycles. The summed E-state index contributed by atoms with van der Waals surface area (Å²) in [6.45, 7) is 0. The van der Waals surface area contributed by atoms with Crippen LogP contribution in [0.2, 0.25) is 0 Å². The molecule has 1 aromatic rings. The monoisotopic (exact) mass is 252 g/mol. The van der Waals surface area contributed by atoms with Crippen molar-refractivity contribution in [2.45, 2.75) is 12.5 Å². The number of ether oxygens (including phenoxy) is 2. The first kappa shape index (κ1) is 13.8. The van der Waals surface area contributed by atoms with Gasteiger partial charge in [-0.1, -0.05) is 12.1 Å². The molecule has 0 aliphatic rings. The summed E-state index contributed by atoms with van der Waals surface area (Å²) in [5, 5.41) is 2.38. The highest BCUT2D eigenvalue weighted by atomic mass is 16.5. The van der Waals surface area contributed by atoms with Gasteiger partial charge in [0.15, 0.2) is 0 Å². The molecule has 6 heteroatoms. The van der Waals surface area contributed by atoms with Crippen LogP contribution in [-0.4, -0.2) is 32.3 Å². The van der Waals surface area contributed by atoms with Gasteiger partial charge in [0.05, 0.1) is 14.2 Å². The number of methoxy groups -OCH3 is 2. The van der Waals surface area contributed by atoms with Crippen LogP contribution in [0.15, 0.2) is 24.3 Å². The Labute approximate surface area is 105 Å². The van der Waals surface area contributed by atoms with E-state index in [1.54, 1.807) is 31.4 Å². The summed E-state index contributed by atoms with van der Waals surface area (Å²) in [6.07, 6.45) is -0.388. The number of alkyl carbamates (subject to hydrolysis) is 1. The maximum absolute atomic E-state index is 11.2. The molecule has 0 spiro atoms.